The van der Waals surface area contributed by atoms with Gasteiger partial charge < -0.3 is 15.4 Å². The number of ether oxygens (including phenoxy) is 1. The number of carbonyl (C=O) groups excluding carboxylic acids is 1. The van der Waals surface area contributed by atoms with Gasteiger partial charge in [-0.25, -0.2) is 24.6 Å². The molecule has 11 nitrogen and oxygen atoms in total. The number of fused-ring (bicyclic) bond motifs is 1. The molecule has 0 unspecified atom stereocenters. The monoisotopic (exact) mass is 447 g/mol. The highest BCUT2D eigenvalue weighted by atomic mass is 16.5. The summed E-state index contributed by atoms with van der Waals surface area (Å²) in [4.78, 5) is 30.5. The Morgan fingerprint density at radius 3 is 2.94 bits per heavy atom. The zero-order chi connectivity index (χ0) is 22.8. The maximum Gasteiger partial charge on any atom is 0.248 e. The first-order valence-corrected chi connectivity index (χ1v) is 11.0. The van der Waals surface area contributed by atoms with Crippen molar-refractivity contribution in [2.45, 2.75) is 38.5 Å². The van der Waals surface area contributed by atoms with E-state index < -0.39 is 6.10 Å². The zero-order valence-corrected chi connectivity index (χ0v) is 18.5. The van der Waals surface area contributed by atoms with Crippen LogP contribution in [0.4, 0.5) is 5.82 Å². The average molecular weight is 448 g/mol. The highest BCUT2D eigenvalue weighted by molar-refractivity contribution is 5.85. The van der Waals surface area contributed by atoms with Crippen LogP contribution in [0.15, 0.2) is 43.1 Å². The van der Waals surface area contributed by atoms with Crippen molar-refractivity contribution in [2.24, 2.45) is 0 Å². The largest absolute Gasteiger partial charge is 0.368 e. The number of amides is 1. The Balaban J connectivity index is 1.54. The summed E-state index contributed by atoms with van der Waals surface area (Å²) in [6.07, 6.45) is 8.46. The third kappa shape index (κ3) is 4.02. The molecule has 0 aliphatic carbocycles. The molecule has 0 aromatic carbocycles. The van der Waals surface area contributed by atoms with Gasteiger partial charge in [-0.3, -0.25) is 9.36 Å². The van der Waals surface area contributed by atoms with E-state index >= 15 is 0 Å². The van der Waals surface area contributed by atoms with E-state index in [0.29, 0.717) is 41.5 Å². The zero-order valence-electron chi connectivity index (χ0n) is 18.5. The summed E-state index contributed by atoms with van der Waals surface area (Å²) in [5.41, 5.74) is 2.06. The van der Waals surface area contributed by atoms with Crippen molar-refractivity contribution in [3.63, 3.8) is 0 Å². The van der Waals surface area contributed by atoms with Gasteiger partial charge in [-0.15, -0.1) is 0 Å². The molecular formula is C22H25N9O2. The first-order valence-electron chi connectivity index (χ1n) is 11.0. The standard InChI is InChI=1S/C22H25N9O2/c1-3-9-25-20-18-21(30(13-26-18)17-8-7-15(33-17)22(32)23-2)29-19(28-20)14-11-27-31(12-14)16-6-4-5-10-24-16/h4-6,10-13,15,17H,3,7-9H2,1-2H3,(H,23,32)(H,25,28,29)/t15-,17+/m0/s1. The molecular weight excluding hydrogens is 422 g/mol. The Hall–Kier alpha value is -3.86. The van der Waals surface area contributed by atoms with E-state index in [4.69, 9.17) is 14.7 Å². The van der Waals surface area contributed by atoms with Gasteiger partial charge in [0.1, 0.15) is 12.3 Å². The van der Waals surface area contributed by atoms with Crippen LogP contribution in [0.3, 0.4) is 0 Å². The van der Waals surface area contributed by atoms with Crippen LogP contribution in [0.1, 0.15) is 32.4 Å². The number of pyridine rings is 1. The lowest BCUT2D eigenvalue weighted by molar-refractivity contribution is -0.133. The van der Waals surface area contributed by atoms with Crippen LogP contribution < -0.4 is 10.6 Å². The number of nitrogens with one attached hydrogen (secondary N) is 2. The Morgan fingerprint density at radius 1 is 1.24 bits per heavy atom. The molecule has 0 radical (unpaired) electrons. The molecule has 11 heteroatoms. The van der Waals surface area contributed by atoms with E-state index in [1.807, 2.05) is 29.0 Å². The number of hydrogen-bond donors (Lipinski definition) is 2. The fourth-order valence-electron chi connectivity index (χ4n) is 3.85. The minimum Gasteiger partial charge on any atom is -0.368 e. The topological polar surface area (TPSA) is 125 Å². The number of carbonyl (C=O) groups is 1. The normalized spacial score (nSPS) is 18.0. The second kappa shape index (κ2) is 8.94. The van der Waals surface area contributed by atoms with E-state index in [1.165, 1.54) is 0 Å². The summed E-state index contributed by atoms with van der Waals surface area (Å²) in [7, 11) is 1.61. The van der Waals surface area contributed by atoms with Gasteiger partial charge in [0.15, 0.2) is 28.6 Å². The van der Waals surface area contributed by atoms with Crippen molar-refractivity contribution in [1.29, 1.82) is 0 Å². The number of rotatable bonds is 7. The van der Waals surface area contributed by atoms with Gasteiger partial charge in [-0.2, -0.15) is 5.10 Å². The number of anilines is 1. The summed E-state index contributed by atoms with van der Waals surface area (Å²) in [6, 6.07) is 5.65. The molecule has 5 rings (SSSR count). The molecule has 0 saturated carbocycles. The molecule has 170 valence electrons. The summed E-state index contributed by atoms with van der Waals surface area (Å²) in [5, 5.41) is 10.4. The molecule has 4 aromatic heterocycles. The van der Waals surface area contributed by atoms with E-state index in [1.54, 1.807) is 30.5 Å². The Bertz CT molecular complexity index is 1270. The van der Waals surface area contributed by atoms with Crippen molar-refractivity contribution in [3.8, 4) is 17.2 Å². The van der Waals surface area contributed by atoms with E-state index in [0.717, 1.165) is 18.5 Å². The third-order valence-electron chi connectivity index (χ3n) is 5.53. The molecule has 1 saturated heterocycles. The summed E-state index contributed by atoms with van der Waals surface area (Å²) in [6.45, 7) is 2.84. The van der Waals surface area contributed by atoms with Gasteiger partial charge in [0.2, 0.25) is 5.91 Å². The lowest BCUT2D eigenvalue weighted by Gasteiger charge is -2.15. The Kier molecular flexibility index (Phi) is 5.69. The molecule has 0 bridgehead atoms. The molecule has 1 aliphatic heterocycles. The third-order valence-corrected chi connectivity index (χ3v) is 5.53. The van der Waals surface area contributed by atoms with Gasteiger partial charge in [0, 0.05) is 26.0 Å². The van der Waals surface area contributed by atoms with Crippen LogP contribution in [0.2, 0.25) is 0 Å². The maximum atomic E-state index is 12.0. The number of nitrogens with zero attached hydrogens (tertiary/aromatic N) is 7. The molecule has 5 heterocycles. The molecule has 1 aliphatic rings. The van der Waals surface area contributed by atoms with E-state index in [2.05, 4.69) is 32.6 Å². The van der Waals surface area contributed by atoms with Crippen LogP contribution in [0, 0.1) is 0 Å². The predicted octanol–water partition coefficient (Wildman–Crippen LogP) is 2.32. The molecule has 2 atom stereocenters. The highest BCUT2D eigenvalue weighted by Gasteiger charge is 2.32. The van der Waals surface area contributed by atoms with Crippen molar-refractivity contribution in [2.75, 3.05) is 18.9 Å². The maximum absolute atomic E-state index is 12.0. The minimum atomic E-state index is -0.479. The van der Waals surface area contributed by atoms with Crippen molar-refractivity contribution >= 4 is 22.9 Å². The van der Waals surface area contributed by atoms with Gasteiger partial charge >= 0.3 is 0 Å². The van der Waals surface area contributed by atoms with Crippen LogP contribution in [0.5, 0.6) is 0 Å². The fraction of sp³-hybridized carbons (Fsp3) is 0.364. The quantitative estimate of drug-likeness (QED) is 0.442. The average Bonchev–Trinajstić information content (AvgIpc) is 3.61. The molecule has 2 N–H and O–H groups in total. The van der Waals surface area contributed by atoms with Crippen LogP contribution >= 0.6 is 0 Å². The molecule has 0 spiro atoms. The van der Waals surface area contributed by atoms with E-state index in [9.17, 15) is 4.79 Å². The van der Waals surface area contributed by atoms with E-state index in [-0.39, 0.29) is 12.1 Å². The molecule has 1 fully saturated rings. The number of likely N-dealkylation sites (N-methyl/N-ethyl adjacent to an activating group) is 1. The highest BCUT2D eigenvalue weighted by Crippen LogP contribution is 2.32. The lowest BCUT2D eigenvalue weighted by atomic mass is 10.2. The minimum absolute atomic E-state index is 0.121. The van der Waals surface area contributed by atoms with Crippen molar-refractivity contribution < 1.29 is 9.53 Å². The molecule has 33 heavy (non-hydrogen) atoms. The second-order valence-electron chi connectivity index (χ2n) is 7.78. The smallest absolute Gasteiger partial charge is 0.248 e. The van der Waals surface area contributed by atoms with Crippen LogP contribution in [-0.4, -0.2) is 59.9 Å². The van der Waals surface area contributed by atoms with Gasteiger partial charge in [0.05, 0.1) is 18.1 Å². The number of aromatic nitrogens is 7. The lowest BCUT2D eigenvalue weighted by Crippen LogP contribution is -2.31. The molecule has 4 aromatic rings. The first-order chi connectivity index (χ1) is 16.2. The SMILES string of the molecule is CCCNc1nc(-c2cnn(-c3ccccn3)c2)nc2c1ncn2[C@H]1CC[C@@H](C(=O)NC)O1. The van der Waals surface area contributed by atoms with Gasteiger partial charge in [-0.1, -0.05) is 13.0 Å². The Labute approximate surface area is 190 Å². The number of imidazole rings is 1. The second-order valence-corrected chi connectivity index (χ2v) is 7.78. The summed E-state index contributed by atoms with van der Waals surface area (Å²) < 4.78 is 9.57. The van der Waals surface area contributed by atoms with Crippen molar-refractivity contribution in [1.82, 2.24) is 39.6 Å². The summed E-state index contributed by atoms with van der Waals surface area (Å²) in [5.74, 6) is 1.76. The van der Waals surface area contributed by atoms with Crippen molar-refractivity contribution in [3.05, 3.63) is 43.1 Å². The molecule has 1 amide bonds. The van der Waals surface area contributed by atoms with Crippen LogP contribution in [0.25, 0.3) is 28.4 Å². The van der Waals surface area contributed by atoms with Crippen LogP contribution in [-0.2, 0) is 9.53 Å². The van der Waals surface area contributed by atoms with Gasteiger partial charge in [-0.05, 0) is 31.4 Å². The fourth-order valence-corrected chi connectivity index (χ4v) is 3.85. The predicted molar refractivity (Wildman–Crippen MR) is 122 cm³/mol. The van der Waals surface area contributed by atoms with Gasteiger partial charge in [0.25, 0.3) is 0 Å². The summed E-state index contributed by atoms with van der Waals surface area (Å²) >= 11 is 0. The number of hydrogen-bond acceptors (Lipinski definition) is 8. The Morgan fingerprint density at radius 2 is 2.15 bits per heavy atom. The first kappa shape index (κ1) is 21.0.